The molecule has 2 rings (SSSR count). The maximum Gasteiger partial charge on any atom is 0.264 e. The molecule has 3 N–H and O–H groups in total. The summed E-state index contributed by atoms with van der Waals surface area (Å²) >= 11 is 0. The predicted molar refractivity (Wildman–Crippen MR) is 84.1 cm³/mol. The topological polar surface area (TPSA) is 81.4 Å². The van der Waals surface area contributed by atoms with Gasteiger partial charge in [0.05, 0.1) is 12.8 Å². The highest BCUT2D eigenvalue weighted by atomic mass is 32.2. The first-order valence-corrected chi connectivity index (χ1v) is 7.86. The average molecular weight is 306 g/mol. The van der Waals surface area contributed by atoms with Crippen molar-refractivity contribution >= 4 is 21.4 Å². The van der Waals surface area contributed by atoms with Crippen LogP contribution in [0.15, 0.2) is 41.3 Å². The normalized spacial score (nSPS) is 11.2. The molecule has 2 aromatic carbocycles. The number of aryl methyl sites for hydroxylation is 2. The Morgan fingerprint density at radius 1 is 1.10 bits per heavy atom. The smallest absolute Gasteiger partial charge is 0.264 e. The van der Waals surface area contributed by atoms with Crippen molar-refractivity contribution in [1.29, 1.82) is 0 Å². The number of hydrogen-bond donors (Lipinski definition) is 2. The predicted octanol–water partition coefficient (Wildman–Crippen LogP) is 2.70. The van der Waals surface area contributed by atoms with E-state index in [0.717, 1.165) is 5.56 Å². The van der Waals surface area contributed by atoms with Gasteiger partial charge in [-0.2, -0.15) is 0 Å². The largest absolute Gasteiger partial charge is 0.496 e. The van der Waals surface area contributed by atoms with Crippen LogP contribution in [0.1, 0.15) is 11.1 Å². The van der Waals surface area contributed by atoms with Crippen LogP contribution in [0.3, 0.4) is 0 Å². The van der Waals surface area contributed by atoms with E-state index >= 15 is 0 Å². The van der Waals surface area contributed by atoms with Crippen LogP contribution in [0.25, 0.3) is 0 Å². The van der Waals surface area contributed by atoms with Gasteiger partial charge >= 0.3 is 0 Å². The number of benzene rings is 2. The SMILES string of the molecule is COc1ccc(NS(=O)(=O)c2c(C)cccc2N)cc1C. The van der Waals surface area contributed by atoms with E-state index in [1.54, 1.807) is 50.4 Å². The number of hydrogen-bond acceptors (Lipinski definition) is 4. The van der Waals surface area contributed by atoms with E-state index in [4.69, 9.17) is 10.5 Å². The van der Waals surface area contributed by atoms with Gasteiger partial charge in [-0.3, -0.25) is 4.72 Å². The van der Waals surface area contributed by atoms with Crippen molar-refractivity contribution < 1.29 is 13.2 Å². The molecule has 0 fully saturated rings. The van der Waals surface area contributed by atoms with E-state index in [9.17, 15) is 8.42 Å². The Hall–Kier alpha value is -2.21. The highest BCUT2D eigenvalue weighted by Crippen LogP contribution is 2.27. The number of anilines is 2. The first kappa shape index (κ1) is 15.2. The van der Waals surface area contributed by atoms with Gasteiger partial charge in [0.25, 0.3) is 10.0 Å². The third-order valence-electron chi connectivity index (χ3n) is 3.16. The van der Waals surface area contributed by atoms with E-state index in [-0.39, 0.29) is 10.6 Å². The lowest BCUT2D eigenvalue weighted by Gasteiger charge is -2.13. The maximum absolute atomic E-state index is 12.5. The zero-order valence-corrected chi connectivity index (χ0v) is 13.0. The minimum Gasteiger partial charge on any atom is -0.496 e. The molecule has 0 atom stereocenters. The van der Waals surface area contributed by atoms with Crippen LogP contribution in [0.4, 0.5) is 11.4 Å². The molecule has 0 radical (unpaired) electrons. The number of methoxy groups -OCH3 is 1. The van der Waals surface area contributed by atoms with Gasteiger partial charge in [0, 0.05) is 5.69 Å². The second-order valence-electron chi connectivity index (χ2n) is 4.78. The molecule has 5 nitrogen and oxygen atoms in total. The van der Waals surface area contributed by atoms with Crippen LogP contribution < -0.4 is 15.2 Å². The quantitative estimate of drug-likeness (QED) is 0.851. The Balaban J connectivity index is 2.40. The minimum absolute atomic E-state index is 0.110. The van der Waals surface area contributed by atoms with Gasteiger partial charge < -0.3 is 10.5 Å². The van der Waals surface area contributed by atoms with E-state index in [1.807, 2.05) is 6.92 Å². The number of ether oxygens (including phenoxy) is 1. The van der Waals surface area contributed by atoms with Gasteiger partial charge in [-0.25, -0.2) is 8.42 Å². The lowest BCUT2D eigenvalue weighted by molar-refractivity contribution is 0.412. The zero-order valence-electron chi connectivity index (χ0n) is 12.2. The molecule has 2 aromatic rings. The molecule has 6 heteroatoms. The molecular formula is C15H18N2O3S. The molecule has 0 aromatic heterocycles. The van der Waals surface area contributed by atoms with Gasteiger partial charge in [0.2, 0.25) is 0 Å². The van der Waals surface area contributed by atoms with Crippen molar-refractivity contribution in [3.05, 3.63) is 47.5 Å². The molecule has 0 aliphatic carbocycles. The van der Waals surface area contributed by atoms with Crippen molar-refractivity contribution in [2.45, 2.75) is 18.7 Å². The molecule has 0 spiro atoms. The molecule has 0 saturated carbocycles. The molecule has 0 bridgehead atoms. The summed E-state index contributed by atoms with van der Waals surface area (Å²) in [6.07, 6.45) is 0. The van der Waals surface area contributed by atoms with Crippen molar-refractivity contribution in [1.82, 2.24) is 0 Å². The first-order valence-electron chi connectivity index (χ1n) is 6.37. The fourth-order valence-electron chi connectivity index (χ4n) is 2.19. The minimum atomic E-state index is -3.73. The van der Waals surface area contributed by atoms with Crippen LogP contribution >= 0.6 is 0 Å². The zero-order chi connectivity index (χ0) is 15.6. The lowest BCUT2D eigenvalue weighted by atomic mass is 10.2. The monoisotopic (exact) mass is 306 g/mol. The summed E-state index contributed by atoms with van der Waals surface area (Å²) in [5.41, 5.74) is 7.94. The Labute approximate surface area is 124 Å². The van der Waals surface area contributed by atoms with E-state index < -0.39 is 10.0 Å². The third-order valence-corrected chi connectivity index (χ3v) is 4.76. The molecule has 21 heavy (non-hydrogen) atoms. The molecule has 0 saturated heterocycles. The molecule has 0 amide bonds. The summed E-state index contributed by atoms with van der Waals surface area (Å²) in [5, 5.41) is 0. The van der Waals surface area contributed by atoms with Gasteiger partial charge in [-0.05, 0) is 49.2 Å². The fraction of sp³-hybridized carbons (Fsp3) is 0.200. The highest BCUT2D eigenvalue weighted by Gasteiger charge is 2.20. The van der Waals surface area contributed by atoms with Gasteiger partial charge in [-0.1, -0.05) is 12.1 Å². The molecule has 0 aliphatic heterocycles. The van der Waals surface area contributed by atoms with Gasteiger partial charge in [0.1, 0.15) is 10.6 Å². The van der Waals surface area contributed by atoms with E-state index in [2.05, 4.69) is 4.72 Å². The molecule has 112 valence electrons. The Morgan fingerprint density at radius 2 is 1.81 bits per heavy atom. The summed E-state index contributed by atoms with van der Waals surface area (Å²) in [4.78, 5) is 0.110. The Bertz CT molecular complexity index is 750. The van der Waals surface area contributed by atoms with E-state index in [0.29, 0.717) is 17.0 Å². The lowest BCUT2D eigenvalue weighted by Crippen LogP contribution is -2.16. The van der Waals surface area contributed by atoms with Gasteiger partial charge in [0.15, 0.2) is 0 Å². The molecule has 0 aliphatic rings. The van der Waals surface area contributed by atoms with E-state index in [1.165, 1.54) is 0 Å². The number of sulfonamides is 1. The van der Waals surface area contributed by atoms with Crippen molar-refractivity contribution in [2.24, 2.45) is 0 Å². The van der Waals surface area contributed by atoms with Crippen molar-refractivity contribution in [3.63, 3.8) is 0 Å². The molecule has 0 unspecified atom stereocenters. The second-order valence-corrected chi connectivity index (χ2v) is 6.40. The van der Waals surface area contributed by atoms with Gasteiger partial charge in [-0.15, -0.1) is 0 Å². The number of nitrogens with two attached hydrogens (primary N) is 1. The van der Waals surface area contributed by atoms with Crippen LogP contribution in [0.2, 0.25) is 0 Å². The van der Waals surface area contributed by atoms with Crippen LogP contribution in [0.5, 0.6) is 5.75 Å². The van der Waals surface area contributed by atoms with Crippen LogP contribution in [0, 0.1) is 13.8 Å². The summed E-state index contributed by atoms with van der Waals surface area (Å²) in [6.45, 7) is 3.56. The highest BCUT2D eigenvalue weighted by molar-refractivity contribution is 7.93. The van der Waals surface area contributed by atoms with Crippen molar-refractivity contribution in [2.75, 3.05) is 17.6 Å². The summed E-state index contributed by atoms with van der Waals surface area (Å²) in [6, 6.07) is 10.1. The Kier molecular flexibility index (Phi) is 4.09. The van der Waals surface area contributed by atoms with Crippen LogP contribution in [-0.4, -0.2) is 15.5 Å². The van der Waals surface area contributed by atoms with Crippen molar-refractivity contribution in [3.8, 4) is 5.75 Å². The summed E-state index contributed by atoms with van der Waals surface area (Å²) < 4.78 is 32.7. The summed E-state index contributed by atoms with van der Waals surface area (Å²) in [7, 11) is -2.16. The maximum atomic E-state index is 12.5. The second kappa shape index (κ2) is 5.65. The first-order chi connectivity index (χ1) is 9.85. The molecular weight excluding hydrogens is 288 g/mol. The average Bonchev–Trinajstić information content (AvgIpc) is 2.37. The standard InChI is InChI=1S/C15H18N2O3S/c1-10-5-4-6-13(16)15(10)21(18,19)17-12-7-8-14(20-3)11(2)9-12/h4-9,17H,16H2,1-3H3. The molecule has 0 heterocycles. The summed E-state index contributed by atoms with van der Waals surface area (Å²) in [5.74, 6) is 0.702. The fourth-order valence-corrected chi connectivity index (χ4v) is 3.60. The Morgan fingerprint density at radius 3 is 2.38 bits per heavy atom. The third kappa shape index (κ3) is 3.11. The number of nitrogens with one attached hydrogen (secondary N) is 1. The van der Waals surface area contributed by atoms with Crippen LogP contribution in [-0.2, 0) is 10.0 Å². The number of nitrogen functional groups attached to an aromatic ring is 1. The number of rotatable bonds is 4.